The standard InChI is InChI=1S/C26H32N4O4S/c1-4-30(5-2)35(32,33)21-14-15-23(29-16-10-7-11-17-29)22(18-21)27-26(31)24-19(3)34-28-25(24)20-12-8-6-9-13-20/h6,8-9,12-15,18H,4-5,7,10-11,16-17H2,1-3H3,(H,27,31). The molecular formula is C26H32N4O4S. The monoisotopic (exact) mass is 496 g/mol. The average molecular weight is 497 g/mol. The molecule has 1 saturated heterocycles. The van der Waals surface area contributed by atoms with Crippen LogP contribution >= 0.6 is 0 Å². The summed E-state index contributed by atoms with van der Waals surface area (Å²) < 4.78 is 33.2. The summed E-state index contributed by atoms with van der Waals surface area (Å²) in [7, 11) is -3.69. The molecule has 3 aromatic rings. The molecule has 1 aliphatic rings. The molecule has 0 bridgehead atoms. The fourth-order valence-corrected chi connectivity index (χ4v) is 6.00. The van der Waals surface area contributed by atoms with Crippen LogP contribution in [0.1, 0.15) is 49.2 Å². The minimum atomic E-state index is -3.69. The van der Waals surface area contributed by atoms with Crippen molar-refractivity contribution in [3.8, 4) is 11.3 Å². The van der Waals surface area contributed by atoms with Crippen molar-refractivity contribution in [1.82, 2.24) is 9.46 Å². The van der Waals surface area contributed by atoms with E-state index in [1.54, 1.807) is 25.1 Å². The normalized spacial score (nSPS) is 14.3. The van der Waals surface area contributed by atoms with E-state index in [2.05, 4.69) is 15.4 Å². The van der Waals surface area contributed by atoms with Crippen LogP contribution in [0.2, 0.25) is 0 Å². The first-order valence-corrected chi connectivity index (χ1v) is 13.5. The zero-order valence-electron chi connectivity index (χ0n) is 20.5. The van der Waals surface area contributed by atoms with Gasteiger partial charge in [0.05, 0.1) is 16.3 Å². The predicted octanol–water partition coefficient (Wildman–Crippen LogP) is 4.92. The van der Waals surface area contributed by atoms with Crippen molar-refractivity contribution in [2.75, 3.05) is 36.4 Å². The number of nitrogens with one attached hydrogen (secondary N) is 1. The number of anilines is 2. The number of carbonyl (C=O) groups is 1. The van der Waals surface area contributed by atoms with Gasteiger partial charge >= 0.3 is 0 Å². The summed E-state index contributed by atoms with van der Waals surface area (Å²) in [6.07, 6.45) is 3.26. The topological polar surface area (TPSA) is 95.8 Å². The van der Waals surface area contributed by atoms with E-state index in [9.17, 15) is 13.2 Å². The molecular weight excluding hydrogens is 464 g/mol. The first kappa shape index (κ1) is 24.9. The van der Waals surface area contributed by atoms with Gasteiger partial charge in [-0.2, -0.15) is 4.31 Å². The van der Waals surface area contributed by atoms with E-state index in [1.807, 2.05) is 44.2 Å². The molecule has 0 spiro atoms. The second kappa shape index (κ2) is 10.6. The van der Waals surface area contributed by atoms with Crippen LogP contribution < -0.4 is 10.2 Å². The molecule has 1 fully saturated rings. The molecule has 0 aliphatic carbocycles. The van der Waals surface area contributed by atoms with E-state index in [1.165, 1.54) is 4.31 Å². The molecule has 1 aliphatic heterocycles. The van der Waals surface area contributed by atoms with Crippen LogP contribution in [0.15, 0.2) is 57.9 Å². The van der Waals surface area contributed by atoms with Gasteiger partial charge in [-0.05, 0) is 44.4 Å². The zero-order chi connectivity index (χ0) is 25.0. The molecule has 35 heavy (non-hydrogen) atoms. The Bertz CT molecular complexity index is 1280. The first-order chi connectivity index (χ1) is 16.9. The number of carbonyl (C=O) groups excluding carboxylic acids is 1. The number of benzene rings is 2. The average Bonchev–Trinajstić information content (AvgIpc) is 3.27. The molecule has 8 nitrogen and oxygen atoms in total. The number of aromatic nitrogens is 1. The van der Waals surface area contributed by atoms with E-state index in [0.717, 1.165) is 43.6 Å². The van der Waals surface area contributed by atoms with Crippen molar-refractivity contribution in [3.05, 3.63) is 59.9 Å². The van der Waals surface area contributed by atoms with E-state index in [0.29, 0.717) is 35.8 Å². The van der Waals surface area contributed by atoms with Gasteiger partial charge in [-0.15, -0.1) is 0 Å². The van der Waals surface area contributed by atoms with Crippen molar-refractivity contribution in [2.24, 2.45) is 0 Å². The second-order valence-corrected chi connectivity index (χ2v) is 10.5. The Hall–Kier alpha value is -3.17. The Labute approximate surface area is 207 Å². The molecule has 9 heteroatoms. The largest absolute Gasteiger partial charge is 0.370 e. The molecule has 1 amide bonds. The van der Waals surface area contributed by atoms with Crippen molar-refractivity contribution in [3.63, 3.8) is 0 Å². The summed E-state index contributed by atoms with van der Waals surface area (Å²) in [6.45, 7) is 7.76. The molecule has 2 aromatic carbocycles. The third-order valence-electron chi connectivity index (χ3n) is 6.39. The Kier molecular flexibility index (Phi) is 7.57. The molecule has 0 saturated carbocycles. The lowest BCUT2D eigenvalue weighted by Crippen LogP contribution is -2.32. The number of aryl methyl sites for hydroxylation is 1. The van der Waals surface area contributed by atoms with E-state index in [-0.39, 0.29) is 4.90 Å². The van der Waals surface area contributed by atoms with Gasteiger partial charge in [-0.25, -0.2) is 8.42 Å². The predicted molar refractivity (Wildman–Crippen MR) is 137 cm³/mol. The van der Waals surface area contributed by atoms with Crippen LogP contribution in [-0.4, -0.2) is 50.0 Å². The maximum Gasteiger partial charge on any atom is 0.261 e. The quantitative estimate of drug-likeness (QED) is 0.475. The number of sulfonamides is 1. The first-order valence-electron chi connectivity index (χ1n) is 12.1. The van der Waals surface area contributed by atoms with Gasteiger partial charge in [0.1, 0.15) is 17.0 Å². The summed E-state index contributed by atoms with van der Waals surface area (Å²) in [4.78, 5) is 15.9. The van der Waals surface area contributed by atoms with Gasteiger partial charge in [0.2, 0.25) is 10.0 Å². The van der Waals surface area contributed by atoms with Crippen LogP contribution in [0.3, 0.4) is 0 Å². The molecule has 2 heterocycles. The molecule has 0 atom stereocenters. The smallest absolute Gasteiger partial charge is 0.261 e. The lowest BCUT2D eigenvalue weighted by Gasteiger charge is -2.31. The third kappa shape index (κ3) is 5.11. The molecule has 4 rings (SSSR count). The zero-order valence-corrected chi connectivity index (χ0v) is 21.3. The molecule has 0 unspecified atom stereocenters. The minimum Gasteiger partial charge on any atom is -0.370 e. The second-order valence-electron chi connectivity index (χ2n) is 8.60. The SMILES string of the molecule is CCN(CC)S(=O)(=O)c1ccc(N2CCCCC2)c(NC(=O)c2c(-c3ccccc3)noc2C)c1. The highest BCUT2D eigenvalue weighted by atomic mass is 32.2. The highest BCUT2D eigenvalue weighted by Gasteiger charge is 2.27. The number of hydrogen-bond donors (Lipinski definition) is 1. The Morgan fingerprint density at radius 1 is 1.06 bits per heavy atom. The maximum absolute atomic E-state index is 13.5. The highest BCUT2D eigenvalue weighted by Crippen LogP contribution is 2.33. The number of piperidine rings is 1. The summed E-state index contributed by atoms with van der Waals surface area (Å²) in [5.74, 6) is 0.00559. The lowest BCUT2D eigenvalue weighted by atomic mass is 10.1. The van der Waals surface area contributed by atoms with Crippen LogP contribution in [0, 0.1) is 6.92 Å². The van der Waals surface area contributed by atoms with E-state index >= 15 is 0 Å². The Morgan fingerprint density at radius 2 is 1.74 bits per heavy atom. The maximum atomic E-state index is 13.5. The van der Waals surface area contributed by atoms with Gasteiger partial charge in [-0.3, -0.25) is 4.79 Å². The van der Waals surface area contributed by atoms with Crippen molar-refractivity contribution >= 4 is 27.3 Å². The lowest BCUT2D eigenvalue weighted by molar-refractivity contribution is 0.102. The highest BCUT2D eigenvalue weighted by molar-refractivity contribution is 7.89. The van der Waals surface area contributed by atoms with E-state index in [4.69, 9.17) is 4.52 Å². The fraction of sp³-hybridized carbons (Fsp3) is 0.385. The van der Waals surface area contributed by atoms with Crippen molar-refractivity contribution < 1.29 is 17.7 Å². The molecule has 186 valence electrons. The van der Waals surface area contributed by atoms with Crippen LogP contribution in [0.5, 0.6) is 0 Å². The fourth-order valence-electron chi connectivity index (χ4n) is 4.52. The molecule has 1 aromatic heterocycles. The Balaban J connectivity index is 1.75. The summed E-state index contributed by atoms with van der Waals surface area (Å²) >= 11 is 0. The number of hydrogen-bond acceptors (Lipinski definition) is 6. The van der Waals surface area contributed by atoms with Gasteiger partial charge in [0, 0.05) is 31.7 Å². The minimum absolute atomic E-state index is 0.155. The van der Waals surface area contributed by atoms with Crippen molar-refractivity contribution in [1.29, 1.82) is 0 Å². The van der Waals surface area contributed by atoms with E-state index < -0.39 is 15.9 Å². The van der Waals surface area contributed by atoms with Crippen molar-refractivity contribution in [2.45, 2.75) is 44.9 Å². The molecule has 1 N–H and O–H groups in total. The number of amides is 1. The number of nitrogens with zero attached hydrogens (tertiary/aromatic N) is 3. The van der Waals surface area contributed by atoms with Crippen LogP contribution in [0.4, 0.5) is 11.4 Å². The van der Waals surface area contributed by atoms with Crippen LogP contribution in [-0.2, 0) is 10.0 Å². The van der Waals surface area contributed by atoms with Crippen LogP contribution in [0.25, 0.3) is 11.3 Å². The van der Waals surface area contributed by atoms with Gasteiger partial charge < -0.3 is 14.7 Å². The van der Waals surface area contributed by atoms with Gasteiger partial charge in [0.25, 0.3) is 5.91 Å². The third-order valence-corrected chi connectivity index (χ3v) is 8.44. The van der Waals surface area contributed by atoms with Gasteiger partial charge in [-0.1, -0.05) is 49.3 Å². The Morgan fingerprint density at radius 3 is 2.40 bits per heavy atom. The number of rotatable bonds is 8. The summed E-state index contributed by atoms with van der Waals surface area (Å²) in [6, 6.07) is 14.4. The summed E-state index contributed by atoms with van der Waals surface area (Å²) in [5, 5.41) is 7.10. The van der Waals surface area contributed by atoms with Gasteiger partial charge in [0.15, 0.2) is 0 Å². The molecule has 0 radical (unpaired) electrons. The summed E-state index contributed by atoms with van der Waals surface area (Å²) in [5.41, 5.74) is 2.82.